The van der Waals surface area contributed by atoms with Crippen LogP contribution < -0.4 is 0 Å². The van der Waals surface area contributed by atoms with Gasteiger partial charge in [0.15, 0.2) is 0 Å². The predicted octanol–water partition coefficient (Wildman–Crippen LogP) is 1.18. The fourth-order valence-electron chi connectivity index (χ4n) is 1.23. The second-order valence-corrected chi connectivity index (χ2v) is 3.05. The van der Waals surface area contributed by atoms with E-state index >= 15 is 0 Å². The molecule has 0 saturated carbocycles. The van der Waals surface area contributed by atoms with Gasteiger partial charge in [0, 0.05) is 24.9 Å². The molecule has 0 aliphatic carbocycles. The lowest BCUT2D eigenvalue weighted by Crippen LogP contribution is -2.08. The third-order valence-corrected chi connectivity index (χ3v) is 2.02. The molecule has 0 aliphatic heterocycles. The molecule has 0 aromatic carbocycles. The molecular formula is C9H11N3O2. The highest BCUT2D eigenvalue weighted by Crippen LogP contribution is 2.14. The van der Waals surface area contributed by atoms with Gasteiger partial charge in [0.05, 0.1) is 0 Å². The summed E-state index contributed by atoms with van der Waals surface area (Å²) >= 11 is 0. The molecular weight excluding hydrogens is 182 g/mol. The Bertz CT molecular complexity index is 364. The Labute approximate surface area is 81.6 Å². The monoisotopic (exact) mass is 193 g/mol. The first-order valence-corrected chi connectivity index (χ1v) is 4.30. The Morgan fingerprint density at radius 1 is 1.86 bits per heavy atom. The van der Waals surface area contributed by atoms with Gasteiger partial charge in [0.1, 0.15) is 6.07 Å². The number of imidazole rings is 1. The van der Waals surface area contributed by atoms with Crippen molar-refractivity contribution in [3.63, 3.8) is 0 Å². The number of nitriles is 1. The molecule has 1 aromatic heterocycles. The minimum absolute atomic E-state index is 0.0109. The molecule has 0 amide bonds. The molecule has 0 bridgehead atoms. The molecule has 0 fully saturated rings. The summed E-state index contributed by atoms with van der Waals surface area (Å²) in [7, 11) is 0. The molecule has 1 aromatic rings. The molecule has 0 aliphatic rings. The Morgan fingerprint density at radius 2 is 2.57 bits per heavy atom. The van der Waals surface area contributed by atoms with Crippen LogP contribution in [0.1, 0.15) is 31.6 Å². The van der Waals surface area contributed by atoms with Crippen LogP contribution in [0.25, 0.3) is 0 Å². The van der Waals surface area contributed by atoms with Crippen LogP contribution in [0.15, 0.2) is 12.4 Å². The third kappa shape index (κ3) is 2.33. The quantitative estimate of drug-likeness (QED) is 0.778. The lowest BCUT2D eigenvalue weighted by Gasteiger charge is -2.12. The topological polar surface area (TPSA) is 78.9 Å². The molecule has 1 rings (SSSR count). The number of carbonyl (C=O) groups is 1. The molecule has 5 heteroatoms. The van der Waals surface area contributed by atoms with Gasteiger partial charge in [0.25, 0.3) is 0 Å². The normalized spacial score (nSPS) is 12.0. The minimum Gasteiger partial charge on any atom is -0.481 e. The molecule has 0 spiro atoms. The maximum absolute atomic E-state index is 10.3. The van der Waals surface area contributed by atoms with Crippen molar-refractivity contribution in [1.29, 1.82) is 5.26 Å². The zero-order valence-corrected chi connectivity index (χ0v) is 7.84. The average molecular weight is 193 g/mol. The average Bonchev–Trinajstić information content (AvgIpc) is 2.61. The first-order valence-electron chi connectivity index (χ1n) is 4.30. The number of carboxylic acids is 1. The molecule has 0 saturated heterocycles. The van der Waals surface area contributed by atoms with Gasteiger partial charge in [0.2, 0.25) is 5.82 Å². The summed E-state index contributed by atoms with van der Waals surface area (Å²) in [6.07, 6.45) is 3.82. The summed E-state index contributed by atoms with van der Waals surface area (Å²) in [6, 6.07) is 1.94. The van der Waals surface area contributed by atoms with Crippen LogP contribution in [0.5, 0.6) is 0 Å². The van der Waals surface area contributed by atoms with Gasteiger partial charge < -0.3 is 9.67 Å². The van der Waals surface area contributed by atoms with Crippen molar-refractivity contribution < 1.29 is 9.90 Å². The number of hydrogen-bond donors (Lipinski definition) is 1. The lowest BCUT2D eigenvalue weighted by atomic mass is 10.2. The fourth-order valence-corrected chi connectivity index (χ4v) is 1.23. The number of hydrogen-bond acceptors (Lipinski definition) is 3. The highest BCUT2D eigenvalue weighted by Gasteiger charge is 2.10. The van der Waals surface area contributed by atoms with Crippen LogP contribution in [0.3, 0.4) is 0 Å². The zero-order chi connectivity index (χ0) is 10.6. The second-order valence-electron chi connectivity index (χ2n) is 3.05. The van der Waals surface area contributed by atoms with E-state index < -0.39 is 5.97 Å². The van der Waals surface area contributed by atoms with Crippen molar-refractivity contribution in [1.82, 2.24) is 9.55 Å². The molecule has 1 atom stereocenters. The van der Waals surface area contributed by atoms with E-state index in [2.05, 4.69) is 4.98 Å². The van der Waals surface area contributed by atoms with Gasteiger partial charge in [-0.05, 0) is 13.3 Å². The Balaban J connectivity index is 2.65. The molecule has 5 nitrogen and oxygen atoms in total. The van der Waals surface area contributed by atoms with E-state index in [-0.39, 0.29) is 12.5 Å². The van der Waals surface area contributed by atoms with E-state index in [9.17, 15) is 4.79 Å². The van der Waals surface area contributed by atoms with Crippen molar-refractivity contribution in [2.45, 2.75) is 25.8 Å². The van der Waals surface area contributed by atoms with Crippen LogP contribution in [0, 0.1) is 11.3 Å². The summed E-state index contributed by atoms with van der Waals surface area (Å²) in [5.74, 6) is -0.502. The molecule has 0 radical (unpaired) electrons. The van der Waals surface area contributed by atoms with Crippen molar-refractivity contribution >= 4 is 5.97 Å². The van der Waals surface area contributed by atoms with Crippen LogP contribution in [-0.2, 0) is 4.79 Å². The van der Waals surface area contributed by atoms with Gasteiger partial charge in [-0.3, -0.25) is 4.79 Å². The van der Waals surface area contributed by atoms with E-state index in [0.29, 0.717) is 12.2 Å². The van der Waals surface area contributed by atoms with E-state index in [0.717, 1.165) is 0 Å². The molecule has 1 unspecified atom stereocenters. The summed E-state index contributed by atoms with van der Waals surface area (Å²) in [5.41, 5.74) is 0. The zero-order valence-electron chi connectivity index (χ0n) is 7.84. The molecule has 1 heterocycles. The Morgan fingerprint density at radius 3 is 3.14 bits per heavy atom. The summed E-state index contributed by atoms with van der Waals surface area (Å²) < 4.78 is 1.68. The highest BCUT2D eigenvalue weighted by molar-refractivity contribution is 5.66. The van der Waals surface area contributed by atoms with Crippen molar-refractivity contribution in [3.05, 3.63) is 18.2 Å². The Kier molecular flexibility index (Phi) is 3.24. The standard InChI is InChI=1S/C9H11N3O2/c1-7(2-3-9(13)14)12-5-4-11-8(12)6-10/h4-5,7H,2-3H2,1H3,(H,13,14). The first-order chi connectivity index (χ1) is 6.65. The third-order valence-electron chi connectivity index (χ3n) is 2.02. The van der Waals surface area contributed by atoms with Crippen molar-refractivity contribution in [2.24, 2.45) is 0 Å². The van der Waals surface area contributed by atoms with Crippen LogP contribution in [0.2, 0.25) is 0 Å². The summed E-state index contributed by atoms with van der Waals surface area (Å²) in [4.78, 5) is 14.2. The van der Waals surface area contributed by atoms with Gasteiger partial charge in [-0.25, -0.2) is 4.98 Å². The largest absolute Gasteiger partial charge is 0.481 e. The first kappa shape index (κ1) is 10.3. The van der Waals surface area contributed by atoms with Crippen LogP contribution in [-0.4, -0.2) is 20.6 Å². The molecule has 1 N–H and O–H groups in total. The van der Waals surface area contributed by atoms with Gasteiger partial charge >= 0.3 is 5.97 Å². The van der Waals surface area contributed by atoms with E-state index in [1.807, 2.05) is 13.0 Å². The van der Waals surface area contributed by atoms with Gasteiger partial charge in [-0.2, -0.15) is 5.26 Å². The van der Waals surface area contributed by atoms with Crippen LogP contribution >= 0.6 is 0 Å². The maximum atomic E-state index is 10.3. The highest BCUT2D eigenvalue weighted by atomic mass is 16.4. The summed E-state index contributed by atoms with van der Waals surface area (Å²) in [5, 5.41) is 17.2. The summed E-state index contributed by atoms with van der Waals surface area (Å²) in [6.45, 7) is 1.87. The van der Waals surface area contributed by atoms with Crippen molar-refractivity contribution in [3.8, 4) is 6.07 Å². The lowest BCUT2D eigenvalue weighted by molar-refractivity contribution is -0.137. The van der Waals surface area contributed by atoms with Crippen LogP contribution in [0.4, 0.5) is 0 Å². The number of nitrogens with zero attached hydrogens (tertiary/aromatic N) is 3. The smallest absolute Gasteiger partial charge is 0.303 e. The SMILES string of the molecule is CC(CCC(=O)O)n1ccnc1C#N. The number of aliphatic carboxylic acids is 1. The minimum atomic E-state index is -0.824. The van der Waals surface area contributed by atoms with Crippen molar-refractivity contribution in [2.75, 3.05) is 0 Å². The van der Waals surface area contributed by atoms with Gasteiger partial charge in [-0.1, -0.05) is 0 Å². The van der Waals surface area contributed by atoms with Gasteiger partial charge in [-0.15, -0.1) is 0 Å². The number of rotatable bonds is 4. The number of carboxylic acid groups (broad SMARTS) is 1. The fraction of sp³-hybridized carbons (Fsp3) is 0.444. The predicted molar refractivity (Wildman–Crippen MR) is 48.5 cm³/mol. The Hall–Kier alpha value is -1.83. The van der Waals surface area contributed by atoms with E-state index in [4.69, 9.17) is 10.4 Å². The van der Waals surface area contributed by atoms with E-state index in [1.165, 1.54) is 6.20 Å². The second kappa shape index (κ2) is 4.42. The molecule has 74 valence electrons. The number of aromatic nitrogens is 2. The maximum Gasteiger partial charge on any atom is 0.303 e. The molecule has 14 heavy (non-hydrogen) atoms. The van der Waals surface area contributed by atoms with E-state index in [1.54, 1.807) is 10.8 Å².